The second-order valence-corrected chi connectivity index (χ2v) is 8.24. The van der Waals surface area contributed by atoms with E-state index in [1.807, 2.05) is 30.3 Å². The average Bonchev–Trinajstić information content (AvgIpc) is 2.67. The molecule has 0 heterocycles. The van der Waals surface area contributed by atoms with Crippen molar-refractivity contribution in [2.24, 2.45) is 5.92 Å². The molecule has 0 aromatic heterocycles. The first kappa shape index (κ1) is 21.7. The number of nitrogens with zero attached hydrogens (tertiary/aromatic N) is 1. The summed E-state index contributed by atoms with van der Waals surface area (Å²) in [6, 6.07) is 9.85. The van der Waals surface area contributed by atoms with Crippen LogP contribution in [-0.4, -0.2) is 47.9 Å². The normalized spacial score (nSPS) is 17.7. The third-order valence-electron chi connectivity index (χ3n) is 5.38. The van der Waals surface area contributed by atoms with E-state index in [0.717, 1.165) is 12.0 Å². The summed E-state index contributed by atoms with van der Waals surface area (Å²) >= 11 is 0. The minimum atomic E-state index is -0.608. The Kier molecular flexibility index (Phi) is 9.08. The van der Waals surface area contributed by atoms with Gasteiger partial charge < -0.3 is 20.1 Å². The Labute approximate surface area is 164 Å². The Hall–Kier alpha value is -1.59. The van der Waals surface area contributed by atoms with Gasteiger partial charge in [-0.1, -0.05) is 63.4 Å². The fraction of sp³-hybridized carbons (Fsp3) is 0.682. The molecule has 27 heavy (non-hydrogen) atoms. The Balaban J connectivity index is 1.85. The highest BCUT2D eigenvalue weighted by atomic mass is 16.5. The van der Waals surface area contributed by atoms with Crippen LogP contribution in [0.15, 0.2) is 30.3 Å². The summed E-state index contributed by atoms with van der Waals surface area (Å²) in [5.74, 6) is 0.374. The molecule has 5 nitrogen and oxygen atoms in total. The van der Waals surface area contributed by atoms with Crippen molar-refractivity contribution in [1.82, 2.24) is 10.2 Å². The number of hydrogen-bond donors (Lipinski definition) is 2. The highest BCUT2D eigenvalue weighted by Gasteiger charge is 2.27. The van der Waals surface area contributed by atoms with Crippen LogP contribution in [0.25, 0.3) is 0 Å². The molecule has 0 aliphatic heterocycles. The van der Waals surface area contributed by atoms with Gasteiger partial charge in [-0.25, -0.2) is 4.79 Å². The maximum atomic E-state index is 12.2. The number of likely N-dealkylation sites (N-methyl/N-ethyl adjacent to an activating group) is 1. The predicted molar refractivity (Wildman–Crippen MR) is 109 cm³/mol. The molecule has 5 heteroatoms. The molecule has 1 unspecified atom stereocenters. The largest absolute Gasteiger partial charge is 0.445 e. The van der Waals surface area contributed by atoms with E-state index in [2.05, 4.69) is 31.1 Å². The van der Waals surface area contributed by atoms with Crippen molar-refractivity contribution in [2.45, 2.75) is 77.2 Å². The van der Waals surface area contributed by atoms with Gasteiger partial charge in [0.05, 0.1) is 12.1 Å². The summed E-state index contributed by atoms with van der Waals surface area (Å²) in [7, 11) is 2.08. The Bertz CT molecular complexity index is 544. The first-order valence-corrected chi connectivity index (χ1v) is 10.3. The minimum absolute atomic E-state index is 0.235. The number of carbonyl (C=O) groups is 1. The SMILES string of the molecule is CC(C)C[C@H](NC(=O)OCc1ccccc1)C(O)CN(C)C1CCCCC1. The molecular weight excluding hydrogens is 340 g/mol. The van der Waals surface area contributed by atoms with Crippen LogP contribution in [-0.2, 0) is 11.3 Å². The van der Waals surface area contributed by atoms with Crippen LogP contribution in [0.1, 0.15) is 57.9 Å². The van der Waals surface area contributed by atoms with Crippen molar-refractivity contribution >= 4 is 6.09 Å². The maximum Gasteiger partial charge on any atom is 0.407 e. The van der Waals surface area contributed by atoms with Crippen LogP contribution in [0.2, 0.25) is 0 Å². The van der Waals surface area contributed by atoms with E-state index in [4.69, 9.17) is 4.74 Å². The van der Waals surface area contributed by atoms with Gasteiger partial charge in [-0.2, -0.15) is 0 Å². The third kappa shape index (κ3) is 7.89. The Morgan fingerprint density at radius 1 is 1.22 bits per heavy atom. The van der Waals surface area contributed by atoms with Crippen molar-refractivity contribution in [3.05, 3.63) is 35.9 Å². The number of hydrogen-bond acceptors (Lipinski definition) is 4. The van der Waals surface area contributed by atoms with Crippen molar-refractivity contribution in [3.8, 4) is 0 Å². The molecule has 0 spiro atoms. The number of benzene rings is 1. The van der Waals surface area contributed by atoms with E-state index in [0.29, 0.717) is 18.5 Å². The van der Waals surface area contributed by atoms with Gasteiger partial charge in [-0.3, -0.25) is 0 Å². The van der Waals surface area contributed by atoms with Gasteiger partial charge in [0.2, 0.25) is 0 Å². The molecule has 1 aliphatic carbocycles. The molecule has 0 saturated heterocycles. The van der Waals surface area contributed by atoms with E-state index in [-0.39, 0.29) is 12.6 Å². The highest BCUT2D eigenvalue weighted by Crippen LogP contribution is 2.22. The molecule has 2 rings (SSSR count). The van der Waals surface area contributed by atoms with Crippen molar-refractivity contribution in [2.75, 3.05) is 13.6 Å². The van der Waals surface area contributed by atoms with E-state index in [9.17, 15) is 9.90 Å². The number of ether oxygens (including phenoxy) is 1. The molecule has 0 bridgehead atoms. The molecule has 1 aliphatic rings. The van der Waals surface area contributed by atoms with Crippen molar-refractivity contribution < 1.29 is 14.6 Å². The number of aliphatic hydroxyl groups excluding tert-OH is 1. The van der Waals surface area contributed by atoms with Crippen LogP contribution in [0.3, 0.4) is 0 Å². The molecule has 152 valence electrons. The molecule has 1 fully saturated rings. The topological polar surface area (TPSA) is 61.8 Å². The van der Waals surface area contributed by atoms with Crippen LogP contribution in [0, 0.1) is 5.92 Å². The van der Waals surface area contributed by atoms with E-state index < -0.39 is 12.2 Å². The lowest BCUT2D eigenvalue weighted by Crippen LogP contribution is -2.50. The Morgan fingerprint density at radius 2 is 1.89 bits per heavy atom. The number of aliphatic hydroxyl groups is 1. The van der Waals surface area contributed by atoms with Gasteiger partial charge in [0.15, 0.2) is 0 Å². The number of amides is 1. The number of carbonyl (C=O) groups excluding carboxylic acids is 1. The third-order valence-corrected chi connectivity index (χ3v) is 5.38. The smallest absolute Gasteiger partial charge is 0.407 e. The molecule has 0 radical (unpaired) electrons. The summed E-state index contributed by atoms with van der Waals surface area (Å²) < 4.78 is 5.34. The molecule has 1 saturated carbocycles. The van der Waals surface area contributed by atoms with Crippen molar-refractivity contribution in [1.29, 1.82) is 0 Å². The standard InChI is InChI=1S/C22H36N2O3/c1-17(2)14-20(21(25)15-24(3)19-12-8-5-9-13-19)23-22(26)27-16-18-10-6-4-7-11-18/h4,6-7,10-11,17,19-21,25H,5,8-9,12-16H2,1-3H3,(H,23,26)/t20-,21?/m0/s1. The number of alkyl carbamates (subject to hydrolysis) is 1. The zero-order valence-electron chi connectivity index (χ0n) is 17.1. The zero-order valence-corrected chi connectivity index (χ0v) is 17.1. The lowest BCUT2D eigenvalue weighted by molar-refractivity contribution is 0.0538. The quantitative estimate of drug-likeness (QED) is 0.685. The van der Waals surface area contributed by atoms with Gasteiger partial charge >= 0.3 is 6.09 Å². The van der Waals surface area contributed by atoms with Crippen LogP contribution >= 0.6 is 0 Å². The molecule has 2 atom stereocenters. The van der Waals surface area contributed by atoms with Gasteiger partial charge in [0.1, 0.15) is 6.61 Å². The van der Waals surface area contributed by atoms with E-state index in [1.165, 1.54) is 32.1 Å². The van der Waals surface area contributed by atoms with Gasteiger partial charge in [-0.15, -0.1) is 0 Å². The van der Waals surface area contributed by atoms with Gasteiger partial charge in [-0.05, 0) is 37.8 Å². The molecule has 1 amide bonds. The van der Waals surface area contributed by atoms with Crippen LogP contribution in [0.5, 0.6) is 0 Å². The van der Waals surface area contributed by atoms with E-state index in [1.54, 1.807) is 0 Å². The monoisotopic (exact) mass is 376 g/mol. The molecular formula is C22H36N2O3. The second-order valence-electron chi connectivity index (χ2n) is 8.24. The van der Waals surface area contributed by atoms with Crippen molar-refractivity contribution in [3.63, 3.8) is 0 Å². The highest BCUT2D eigenvalue weighted by molar-refractivity contribution is 5.67. The molecule has 1 aromatic carbocycles. The fourth-order valence-corrected chi connectivity index (χ4v) is 3.83. The summed E-state index contributed by atoms with van der Waals surface area (Å²) in [6.07, 6.45) is 5.90. The second kappa shape index (κ2) is 11.3. The van der Waals surface area contributed by atoms with Gasteiger partial charge in [0, 0.05) is 12.6 Å². The van der Waals surface area contributed by atoms with E-state index >= 15 is 0 Å². The summed E-state index contributed by atoms with van der Waals surface area (Å²) in [5, 5.41) is 13.7. The summed E-state index contributed by atoms with van der Waals surface area (Å²) in [4.78, 5) is 14.5. The zero-order chi connectivity index (χ0) is 19.6. The maximum absolute atomic E-state index is 12.2. The lowest BCUT2D eigenvalue weighted by atomic mass is 9.93. The lowest BCUT2D eigenvalue weighted by Gasteiger charge is -2.35. The molecule has 1 aromatic rings. The van der Waals surface area contributed by atoms with Crippen LogP contribution < -0.4 is 5.32 Å². The fourth-order valence-electron chi connectivity index (χ4n) is 3.83. The summed E-state index contributed by atoms with van der Waals surface area (Å²) in [5.41, 5.74) is 0.950. The van der Waals surface area contributed by atoms with Crippen LogP contribution in [0.4, 0.5) is 4.79 Å². The number of nitrogens with one attached hydrogen (secondary N) is 1. The van der Waals surface area contributed by atoms with Gasteiger partial charge in [0.25, 0.3) is 0 Å². The molecule has 2 N–H and O–H groups in total. The predicted octanol–water partition coefficient (Wildman–Crippen LogP) is 3.95. The minimum Gasteiger partial charge on any atom is -0.445 e. The Morgan fingerprint density at radius 3 is 2.52 bits per heavy atom. The number of rotatable bonds is 9. The first-order chi connectivity index (χ1) is 13.0. The average molecular weight is 377 g/mol. The first-order valence-electron chi connectivity index (χ1n) is 10.3. The summed E-state index contributed by atoms with van der Waals surface area (Å²) in [6.45, 7) is 5.00.